The fraction of sp³-hybridized carbons (Fsp3) is 0.217. The van der Waals surface area contributed by atoms with Crippen LogP contribution in [-0.4, -0.2) is 25.1 Å². The summed E-state index contributed by atoms with van der Waals surface area (Å²) in [6.07, 6.45) is -4.42. The second-order valence-electron chi connectivity index (χ2n) is 8.03. The van der Waals surface area contributed by atoms with E-state index >= 15 is 0 Å². The number of anilines is 1. The second kappa shape index (κ2) is 6.74. The van der Waals surface area contributed by atoms with Gasteiger partial charge in [0, 0.05) is 16.1 Å². The zero-order valence-corrected chi connectivity index (χ0v) is 17.8. The molecule has 3 aliphatic heterocycles. The monoisotopic (exact) mass is 471 g/mol. The summed E-state index contributed by atoms with van der Waals surface area (Å²) in [6.45, 7) is 0.187. The lowest BCUT2D eigenvalue weighted by atomic mass is 9.71. The van der Waals surface area contributed by atoms with Gasteiger partial charge in [-0.25, -0.2) is 0 Å². The number of fused-ring (bicyclic) bond motifs is 5. The summed E-state index contributed by atoms with van der Waals surface area (Å²) < 4.78 is 50.3. The Labute approximate surface area is 190 Å². The van der Waals surface area contributed by atoms with Crippen LogP contribution in [0.25, 0.3) is 0 Å². The van der Waals surface area contributed by atoms with Crippen LogP contribution in [0, 0.1) is 0 Å². The largest absolute Gasteiger partial charge is 0.454 e. The van der Waals surface area contributed by atoms with Gasteiger partial charge in [0.2, 0.25) is 12.7 Å². The summed E-state index contributed by atoms with van der Waals surface area (Å²) in [5, 5.41) is 0. The molecule has 4 heterocycles. The molecule has 2 aromatic carbocycles. The van der Waals surface area contributed by atoms with Crippen molar-refractivity contribution in [3.8, 4) is 11.5 Å². The third-order valence-electron chi connectivity index (χ3n) is 6.25. The SMILES string of the molecule is NC1=NCC2(C(=O)N(Cc3ccc(C(F)(F)F)s3)c3ccccc32)c2cc3c(cc21)OCO3. The Bertz CT molecular complexity index is 1350. The van der Waals surface area contributed by atoms with Crippen LogP contribution in [0.5, 0.6) is 11.5 Å². The highest BCUT2D eigenvalue weighted by Gasteiger charge is 2.55. The number of amidine groups is 1. The van der Waals surface area contributed by atoms with Crippen molar-refractivity contribution >= 4 is 28.8 Å². The van der Waals surface area contributed by atoms with Crippen molar-refractivity contribution in [3.63, 3.8) is 0 Å². The third kappa shape index (κ3) is 2.80. The van der Waals surface area contributed by atoms with E-state index in [1.54, 1.807) is 24.3 Å². The summed E-state index contributed by atoms with van der Waals surface area (Å²) in [4.78, 5) is 19.8. The molecule has 0 saturated carbocycles. The van der Waals surface area contributed by atoms with Gasteiger partial charge in [-0.05, 0) is 41.5 Å². The number of amides is 1. The number of carbonyl (C=O) groups is 1. The molecule has 33 heavy (non-hydrogen) atoms. The molecule has 1 amide bonds. The summed E-state index contributed by atoms with van der Waals surface area (Å²) in [5.74, 6) is 1.07. The van der Waals surface area contributed by atoms with Crippen LogP contribution in [0.15, 0.2) is 53.5 Å². The highest BCUT2D eigenvalue weighted by molar-refractivity contribution is 7.12. The molecular formula is C23H16F3N3O3S. The van der Waals surface area contributed by atoms with Gasteiger partial charge in [-0.1, -0.05) is 18.2 Å². The highest BCUT2D eigenvalue weighted by atomic mass is 32.1. The van der Waals surface area contributed by atoms with Gasteiger partial charge in [0.15, 0.2) is 11.5 Å². The maximum atomic E-state index is 14.0. The minimum absolute atomic E-state index is 0.0252. The molecule has 3 aliphatic rings. The quantitative estimate of drug-likeness (QED) is 0.612. The number of benzene rings is 2. The number of halogens is 3. The van der Waals surface area contributed by atoms with E-state index in [2.05, 4.69) is 4.99 Å². The molecule has 0 radical (unpaired) electrons. The molecule has 1 unspecified atom stereocenters. The van der Waals surface area contributed by atoms with Crippen LogP contribution >= 0.6 is 11.3 Å². The normalized spacial score (nSPS) is 20.8. The first-order valence-corrected chi connectivity index (χ1v) is 10.9. The summed E-state index contributed by atoms with van der Waals surface area (Å²) in [5.41, 5.74) is 7.65. The first kappa shape index (κ1) is 20.1. The van der Waals surface area contributed by atoms with Crippen molar-refractivity contribution in [1.29, 1.82) is 0 Å². The number of alkyl halides is 3. The van der Waals surface area contributed by atoms with E-state index < -0.39 is 16.5 Å². The standard InChI is InChI=1S/C23H16F3N3O3S/c24-23(25,26)19-6-5-12(33-19)9-29-16-4-2-1-3-14(16)22(21(29)30)10-28-20(27)13-7-17-18(8-15(13)22)32-11-31-17/h1-8H,9-11H2,(H2,27,28). The molecular weight excluding hydrogens is 455 g/mol. The van der Waals surface area contributed by atoms with Gasteiger partial charge in [-0.15, -0.1) is 11.3 Å². The van der Waals surface area contributed by atoms with E-state index in [4.69, 9.17) is 15.2 Å². The summed E-state index contributed by atoms with van der Waals surface area (Å²) in [6, 6.07) is 13.2. The molecule has 6 nitrogen and oxygen atoms in total. The van der Waals surface area contributed by atoms with Crippen molar-refractivity contribution in [3.05, 3.63) is 75.0 Å². The number of aliphatic imine (C=N–C) groups is 1. The molecule has 0 fully saturated rings. The molecule has 1 atom stereocenters. The topological polar surface area (TPSA) is 77.2 Å². The van der Waals surface area contributed by atoms with Crippen LogP contribution in [-0.2, 0) is 22.9 Å². The lowest BCUT2D eigenvalue weighted by Gasteiger charge is -2.33. The van der Waals surface area contributed by atoms with Crippen LogP contribution in [0.4, 0.5) is 18.9 Å². The summed E-state index contributed by atoms with van der Waals surface area (Å²) >= 11 is 0.638. The Morgan fingerprint density at radius 1 is 1.09 bits per heavy atom. The molecule has 0 saturated heterocycles. The van der Waals surface area contributed by atoms with E-state index in [1.807, 2.05) is 12.1 Å². The second-order valence-corrected chi connectivity index (χ2v) is 9.20. The van der Waals surface area contributed by atoms with E-state index in [0.717, 1.165) is 11.6 Å². The molecule has 1 spiro atoms. The lowest BCUT2D eigenvalue weighted by molar-refractivity contribution is -0.134. The van der Waals surface area contributed by atoms with E-state index in [0.29, 0.717) is 50.4 Å². The van der Waals surface area contributed by atoms with Crippen molar-refractivity contribution in [2.45, 2.75) is 18.1 Å². The number of hydrogen-bond acceptors (Lipinski definition) is 6. The van der Waals surface area contributed by atoms with Gasteiger partial charge < -0.3 is 20.1 Å². The lowest BCUT2D eigenvalue weighted by Crippen LogP contribution is -2.47. The van der Waals surface area contributed by atoms with Gasteiger partial charge in [0.1, 0.15) is 16.1 Å². The van der Waals surface area contributed by atoms with Crippen molar-refractivity contribution < 1.29 is 27.4 Å². The molecule has 10 heteroatoms. The Balaban J connectivity index is 1.49. The molecule has 3 aromatic rings. The molecule has 1 aromatic heterocycles. The fourth-order valence-electron chi connectivity index (χ4n) is 4.75. The van der Waals surface area contributed by atoms with Crippen LogP contribution in [0.3, 0.4) is 0 Å². The maximum absolute atomic E-state index is 14.0. The molecule has 6 rings (SSSR count). The third-order valence-corrected chi connectivity index (χ3v) is 7.37. The van der Waals surface area contributed by atoms with E-state index in [1.165, 1.54) is 11.0 Å². The summed E-state index contributed by atoms with van der Waals surface area (Å²) in [7, 11) is 0. The first-order chi connectivity index (χ1) is 15.8. The number of thiophene rings is 1. The van der Waals surface area contributed by atoms with Crippen LogP contribution < -0.4 is 20.1 Å². The smallest absolute Gasteiger partial charge is 0.425 e. The van der Waals surface area contributed by atoms with Crippen molar-refractivity contribution in [1.82, 2.24) is 0 Å². The first-order valence-electron chi connectivity index (χ1n) is 10.1. The fourth-order valence-corrected chi connectivity index (χ4v) is 5.61. The predicted molar refractivity (Wildman–Crippen MR) is 116 cm³/mol. The molecule has 168 valence electrons. The maximum Gasteiger partial charge on any atom is 0.425 e. The Morgan fingerprint density at radius 3 is 2.61 bits per heavy atom. The van der Waals surface area contributed by atoms with Gasteiger partial charge in [0.25, 0.3) is 0 Å². The zero-order chi connectivity index (χ0) is 23.0. The molecule has 0 aliphatic carbocycles. The number of rotatable bonds is 2. The number of nitrogens with zero attached hydrogens (tertiary/aromatic N) is 2. The number of ether oxygens (including phenoxy) is 2. The van der Waals surface area contributed by atoms with Gasteiger partial charge in [-0.2, -0.15) is 13.2 Å². The van der Waals surface area contributed by atoms with Gasteiger partial charge >= 0.3 is 6.18 Å². The minimum atomic E-state index is -4.42. The average Bonchev–Trinajstić information content (AvgIpc) is 3.50. The van der Waals surface area contributed by atoms with Gasteiger partial charge in [0.05, 0.1) is 13.1 Å². The predicted octanol–water partition coefficient (Wildman–Crippen LogP) is 4.05. The molecule has 0 bridgehead atoms. The Kier molecular flexibility index (Phi) is 4.10. The Hall–Kier alpha value is -3.53. The Morgan fingerprint density at radius 2 is 1.85 bits per heavy atom. The minimum Gasteiger partial charge on any atom is -0.454 e. The van der Waals surface area contributed by atoms with Crippen LogP contribution in [0.2, 0.25) is 0 Å². The van der Waals surface area contributed by atoms with E-state index in [9.17, 15) is 18.0 Å². The van der Waals surface area contributed by atoms with Gasteiger partial charge in [-0.3, -0.25) is 9.79 Å². The number of para-hydroxylation sites is 1. The average molecular weight is 471 g/mol. The van der Waals surface area contributed by atoms with E-state index in [-0.39, 0.29) is 25.8 Å². The van der Waals surface area contributed by atoms with Crippen LogP contribution in [0.1, 0.15) is 26.4 Å². The number of nitrogens with two attached hydrogens (primary N) is 1. The highest BCUT2D eigenvalue weighted by Crippen LogP contribution is 2.51. The number of carbonyl (C=O) groups excluding carboxylic acids is 1. The van der Waals surface area contributed by atoms with Crippen molar-refractivity contribution in [2.75, 3.05) is 18.2 Å². The zero-order valence-electron chi connectivity index (χ0n) is 17.0. The number of hydrogen-bond donors (Lipinski definition) is 1. The molecule has 2 N–H and O–H groups in total. The van der Waals surface area contributed by atoms with Crippen molar-refractivity contribution in [2.24, 2.45) is 10.7 Å².